The smallest absolute Gasteiger partial charge is 0.165 e. The van der Waals surface area contributed by atoms with Crippen molar-refractivity contribution in [1.29, 1.82) is 0 Å². The molecule has 30 heavy (non-hydrogen) atoms. The van der Waals surface area contributed by atoms with Gasteiger partial charge in [-0.1, -0.05) is 13.8 Å². The van der Waals surface area contributed by atoms with Crippen LogP contribution in [-0.4, -0.2) is 34.4 Å². The SMILES string of the molecule is COc1cc2c3c4c(nc5ccc6ncn(c2cc1OC)c6c53)CC(C)(C)CC4=O. The Balaban J connectivity index is 1.92. The Morgan fingerprint density at radius 1 is 1.00 bits per heavy atom. The first-order chi connectivity index (χ1) is 14.4. The molecule has 0 bridgehead atoms. The molecular weight excluding hydrogens is 378 g/mol. The normalized spacial score (nSPS) is 16.1. The topological polar surface area (TPSA) is 65.7 Å². The van der Waals surface area contributed by atoms with Crippen molar-refractivity contribution in [3.63, 3.8) is 0 Å². The van der Waals surface area contributed by atoms with E-state index in [2.05, 4.69) is 23.2 Å². The maximum Gasteiger partial charge on any atom is 0.165 e. The van der Waals surface area contributed by atoms with Gasteiger partial charge in [0.05, 0.1) is 42.0 Å². The summed E-state index contributed by atoms with van der Waals surface area (Å²) in [5.74, 6) is 1.43. The van der Waals surface area contributed by atoms with E-state index in [0.717, 1.165) is 55.9 Å². The summed E-state index contributed by atoms with van der Waals surface area (Å²) in [6.07, 6.45) is 3.11. The lowest BCUT2D eigenvalue weighted by Crippen LogP contribution is -2.28. The van der Waals surface area contributed by atoms with E-state index >= 15 is 0 Å². The zero-order valence-electron chi connectivity index (χ0n) is 17.4. The van der Waals surface area contributed by atoms with Gasteiger partial charge in [-0.25, -0.2) is 4.98 Å². The van der Waals surface area contributed by atoms with Crippen LogP contribution in [0.2, 0.25) is 0 Å². The fourth-order valence-electron chi connectivity index (χ4n) is 5.09. The van der Waals surface area contributed by atoms with Crippen LogP contribution in [0.5, 0.6) is 11.5 Å². The van der Waals surface area contributed by atoms with Gasteiger partial charge in [0.15, 0.2) is 17.3 Å². The summed E-state index contributed by atoms with van der Waals surface area (Å²) < 4.78 is 13.2. The number of pyridine rings is 2. The minimum absolute atomic E-state index is 0.0988. The lowest BCUT2D eigenvalue weighted by atomic mass is 9.74. The molecule has 0 atom stereocenters. The standard InChI is InChI=1S/C24H21N3O3/c1-24(2)9-15-21(17(28)10-24)20-12-7-18(29-3)19(30-4)8-16(12)27-11-25-14-6-5-13(26-15)22(20)23(14)27/h5-8,11H,9-10H2,1-4H3. The van der Waals surface area contributed by atoms with Gasteiger partial charge >= 0.3 is 0 Å². The summed E-state index contributed by atoms with van der Waals surface area (Å²) in [7, 11) is 3.25. The molecule has 0 radical (unpaired) electrons. The lowest BCUT2D eigenvalue weighted by Gasteiger charge is -2.31. The Labute approximate surface area is 172 Å². The first-order valence-electron chi connectivity index (χ1n) is 10.0. The van der Waals surface area contributed by atoms with Gasteiger partial charge in [0.1, 0.15) is 6.33 Å². The van der Waals surface area contributed by atoms with Gasteiger partial charge in [0.2, 0.25) is 0 Å². The average Bonchev–Trinajstić information content (AvgIpc) is 3.15. The van der Waals surface area contributed by atoms with E-state index in [9.17, 15) is 4.79 Å². The van der Waals surface area contributed by atoms with Crippen LogP contribution in [0.4, 0.5) is 0 Å². The molecule has 0 aliphatic heterocycles. The largest absolute Gasteiger partial charge is 0.493 e. The van der Waals surface area contributed by atoms with Crippen LogP contribution >= 0.6 is 0 Å². The van der Waals surface area contributed by atoms with Gasteiger partial charge in [-0.15, -0.1) is 0 Å². The van der Waals surface area contributed by atoms with Gasteiger partial charge < -0.3 is 9.47 Å². The molecule has 5 aromatic rings. The molecule has 0 unspecified atom stereocenters. The molecule has 0 N–H and O–H groups in total. The number of aromatic nitrogens is 3. The number of nitrogens with zero attached hydrogens (tertiary/aromatic N) is 3. The second kappa shape index (κ2) is 5.59. The quantitative estimate of drug-likeness (QED) is 0.315. The lowest BCUT2D eigenvalue weighted by molar-refractivity contribution is 0.0912. The number of carbonyl (C=O) groups excluding carboxylic acids is 1. The van der Waals surface area contributed by atoms with Crippen LogP contribution in [-0.2, 0) is 6.42 Å². The predicted octanol–water partition coefficient (Wildman–Crippen LogP) is 4.80. The maximum atomic E-state index is 13.4. The maximum absolute atomic E-state index is 13.4. The Morgan fingerprint density at radius 2 is 1.73 bits per heavy atom. The zero-order valence-corrected chi connectivity index (χ0v) is 17.4. The van der Waals surface area contributed by atoms with E-state index in [0.29, 0.717) is 17.9 Å². The fraction of sp³-hybridized carbons (Fsp3) is 0.292. The Hall–Kier alpha value is -3.41. The minimum atomic E-state index is -0.0988. The number of fused-ring (bicyclic) bond motifs is 5. The molecule has 6 heteroatoms. The van der Waals surface area contributed by atoms with Gasteiger partial charge in [-0.2, -0.15) is 0 Å². The summed E-state index contributed by atoms with van der Waals surface area (Å²) in [4.78, 5) is 22.9. The summed E-state index contributed by atoms with van der Waals surface area (Å²) in [6, 6.07) is 7.94. The van der Waals surface area contributed by atoms with Crippen LogP contribution < -0.4 is 9.47 Å². The first kappa shape index (κ1) is 17.4. The molecule has 0 fully saturated rings. The number of hydrogen-bond acceptors (Lipinski definition) is 5. The molecule has 0 spiro atoms. The molecule has 2 aromatic carbocycles. The van der Waals surface area contributed by atoms with Crippen LogP contribution in [0.3, 0.4) is 0 Å². The van der Waals surface area contributed by atoms with E-state index in [1.807, 2.05) is 30.6 Å². The molecule has 6 nitrogen and oxygen atoms in total. The fourth-order valence-corrected chi connectivity index (χ4v) is 5.09. The van der Waals surface area contributed by atoms with Crippen molar-refractivity contribution in [1.82, 2.24) is 14.4 Å². The molecule has 1 aliphatic carbocycles. The third-order valence-electron chi connectivity index (χ3n) is 6.33. The second-order valence-corrected chi connectivity index (χ2v) is 8.92. The minimum Gasteiger partial charge on any atom is -0.493 e. The van der Waals surface area contributed by atoms with E-state index in [-0.39, 0.29) is 11.2 Å². The Kier molecular flexibility index (Phi) is 3.25. The number of ether oxygens (including phenoxy) is 2. The average molecular weight is 399 g/mol. The highest BCUT2D eigenvalue weighted by Gasteiger charge is 2.35. The third-order valence-corrected chi connectivity index (χ3v) is 6.33. The van der Waals surface area contributed by atoms with Crippen molar-refractivity contribution in [2.75, 3.05) is 14.2 Å². The number of imidazole rings is 1. The molecule has 150 valence electrons. The third kappa shape index (κ3) is 2.11. The van der Waals surface area contributed by atoms with E-state index in [1.54, 1.807) is 14.2 Å². The van der Waals surface area contributed by atoms with E-state index in [4.69, 9.17) is 14.5 Å². The number of benzene rings is 2. The van der Waals surface area contributed by atoms with Crippen molar-refractivity contribution >= 4 is 44.0 Å². The summed E-state index contributed by atoms with van der Waals surface area (Å²) in [5.41, 5.74) is 5.22. The van der Waals surface area contributed by atoms with Crippen molar-refractivity contribution < 1.29 is 14.3 Å². The number of rotatable bonds is 2. The number of methoxy groups -OCH3 is 2. The predicted molar refractivity (Wildman–Crippen MR) is 116 cm³/mol. The molecule has 0 saturated heterocycles. The molecule has 1 aliphatic rings. The number of Topliss-reactive ketones (excluding diaryl/α,β-unsaturated/α-hetero) is 1. The van der Waals surface area contributed by atoms with Crippen LogP contribution in [0.1, 0.15) is 36.3 Å². The molecular formula is C24H21N3O3. The second-order valence-electron chi connectivity index (χ2n) is 8.92. The number of hydrogen-bond donors (Lipinski definition) is 0. The highest BCUT2D eigenvalue weighted by Crippen LogP contribution is 2.45. The zero-order chi connectivity index (χ0) is 20.8. The van der Waals surface area contributed by atoms with Crippen molar-refractivity contribution in [3.05, 3.63) is 41.9 Å². The summed E-state index contributed by atoms with van der Waals surface area (Å²) >= 11 is 0. The summed E-state index contributed by atoms with van der Waals surface area (Å²) in [5, 5.41) is 2.88. The first-order valence-corrected chi connectivity index (χ1v) is 10.0. The molecule has 3 heterocycles. The van der Waals surface area contributed by atoms with Gasteiger partial charge in [0.25, 0.3) is 0 Å². The van der Waals surface area contributed by atoms with Crippen molar-refractivity contribution in [2.24, 2.45) is 5.41 Å². The number of ketones is 1. The van der Waals surface area contributed by atoms with Gasteiger partial charge in [-0.3, -0.25) is 14.2 Å². The van der Waals surface area contributed by atoms with Crippen molar-refractivity contribution in [2.45, 2.75) is 26.7 Å². The molecule has 3 aromatic heterocycles. The molecule has 0 saturated carbocycles. The Morgan fingerprint density at radius 3 is 2.50 bits per heavy atom. The van der Waals surface area contributed by atoms with Crippen LogP contribution in [0, 0.1) is 5.41 Å². The van der Waals surface area contributed by atoms with Gasteiger partial charge in [-0.05, 0) is 30.0 Å². The van der Waals surface area contributed by atoms with E-state index < -0.39 is 0 Å². The highest BCUT2D eigenvalue weighted by atomic mass is 16.5. The van der Waals surface area contributed by atoms with Crippen molar-refractivity contribution in [3.8, 4) is 11.5 Å². The molecule has 6 rings (SSSR count). The van der Waals surface area contributed by atoms with Gasteiger partial charge in [0, 0.05) is 34.2 Å². The Bertz CT molecular complexity index is 1510. The monoisotopic (exact) mass is 399 g/mol. The molecule has 0 amide bonds. The van der Waals surface area contributed by atoms with Crippen LogP contribution in [0.25, 0.3) is 38.2 Å². The highest BCUT2D eigenvalue weighted by molar-refractivity contribution is 6.28. The van der Waals surface area contributed by atoms with E-state index in [1.165, 1.54) is 0 Å². The number of carbonyl (C=O) groups is 1. The van der Waals surface area contributed by atoms with Crippen LogP contribution in [0.15, 0.2) is 30.6 Å². The summed E-state index contributed by atoms with van der Waals surface area (Å²) in [6.45, 7) is 4.26.